The maximum Gasteiger partial charge on any atom is 0.191 e. The third-order valence-electron chi connectivity index (χ3n) is 4.53. The molecule has 0 aromatic carbocycles. The molecule has 0 bridgehead atoms. The van der Waals surface area contributed by atoms with Gasteiger partial charge in [0, 0.05) is 25.8 Å². The Morgan fingerprint density at radius 3 is 2.52 bits per heavy atom. The molecule has 1 aliphatic rings. The largest absolute Gasteiger partial charge is 0.354 e. The van der Waals surface area contributed by atoms with Crippen molar-refractivity contribution < 1.29 is 0 Å². The molecular formula is C17H28ClIN4. The SMILES string of the molecule is CN=C(NCc1ccc(Cl)nc1)NC1CCC(C(C)C)CC1.I. The Labute approximate surface area is 161 Å². The van der Waals surface area contributed by atoms with Crippen molar-refractivity contribution in [3.63, 3.8) is 0 Å². The molecule has 1 fully saturated rings. The van der Waals surface area contributed by atoms with E-state index in [0.717, 1.165) is 23.4 Å². The normalized spacial score (nSPS) is 21.7. The lowest BCUT2D eigenvalue weighted by Crippen LogP contribution is -2.44. The molecule has 4 nitrogen and oxygen atoms in total. The Morgan fingerprint density at radius 1 is 1.30 bits per heavy atom. The molecule has 1 saturated carbocycles. The summed E-state index contributed by atoms with van der Waals surface area (Å²) in [5.41, 5.74) is 1.09. The number of halogens is 2. The summed E-state index contributed by atoms with van der Waals surface area (Å²) >= 11 is 5.80. The first-order valence-corrected chi connectivity index (χ1v) is 8.54. The summed E-state index contributed by atoms with van der Waals surface area (Å²) in [7, 11) is 1.81. The molecule has 0 aliphatic heterocycles. The van der Waals surface area contributed by atoms with E-state index in [9.17, 15) is 0 Å². The zero-order valence-corrected chi connectivity index (χ0v) is 17.3. The van der Waals surface area contributed by atoms with E-state index in [4.69, 9.17) is 11.6 Å². The predicted molar refractivity (Wildman–Crippen MR) is 109 cm³/mol. The summed E-state index contributed by atoms with van der Waals surface area (Å²) in [5.74, 6) is 2.55. The van der Waals surface area contributed by atoms with Gasteiger partial charge in [0.2, 0.25) is 0 Å². The average Bonchev–Trinajstić information content (AvgIpc) is 2.53. The number of aliphatic imine (C=N–C) groups is 1. The number of hydrogen-bond acceptors (Lipinski definition) is 2. The number of aromatic nitrogens is 1. The summed E-state index contributed by atoms with van der Waals surface area (Å²) in [6.07, 6.45) is 6.87. The Hall–Kier alpha value is -0.560. The quantitative estimate of drug-likeness (QED) is 0.312. The Kier molecular flexibility index (Phi) is 9.20. The van der Waals surface area contributed by atoms with Gasteiger partial charge in [-0.05, 0) is 49.1 Å². The zero-order valence-electron chi connectivity index (χ0n) is 14.2. The predicted octanol–water partition coefficient (Wildman–Crippen LogP) is 4.23. The standard InChI is InChI=1S/C17H27ClN4.HI/c1-12(2)14-5-7-15(8-6-14)22-17(19-3)21-11-13-4-9-16(18)20-10-13;/h4,9-10,12,14-15H,5-8,11H2,1-3H3,(H2,19,21,22);1H. The fraction of sp³-hybridized carbons (Fsp3) is 0.647. The number of rotatable bonds is 4. The van der Waals surface area contributed by atoms with E-state index in [1.165, 1.54) is 25.7 Å². The molecule has 2 rings (SSSR count). The summed E-state index contributed by atoms with van der Waals surface area (Å²) in [4.78, 5) is 8.41. The Balaban J connectivity index is 0.00000264. The van der Waals surface area contributed by atoms with Gasteiger partial charge in [0.1, 0.15) is 5.15 Å². The van der Waals surface area contributed by atoms with E-state index in [0.29, 0.717) is 17.7 Å². The van der Waals surface area contributed by atoms with Crippen LogP contribution in [-0.4, -0.2) is 24.0 Å². The topological polar surface area (TPSA) is 49.3 Å². The monoisotopic (exact) mass is 450 g/mol. The van der Waals surface area contributed by atoms with Gasteiger partial charge in [-0.2, -0.15) is 0 Å². The number of nitrogens with zero attached hydrogens (tertiary/aromatic N) is 2. The highest BCUT2D eigenvalue weighted by Gasteiger charge is 2.23. The highest BCUT2D eigenvalue weighted by atomic mass is 127. The molecule has 0 atom stereocenters. The van der Waals surface area contributed by atoms with Gasteiger partial charge in [0.15, 0.2) is 5.96 Å². The molecule has 1 aliphatic carbocycles. The van der Waals surface area contributed by atoms with E-state index in [1.54, 1.807) is 6.20 Å². The maximum atomic E-state index is 5.80. The maximum absolute atomic E-state index is 5.80. The second-order valence-corrected chi connectivity index (χ2v) is 6.80. The van der Waals surface area contributed by atoms with E-state index >= 15 is 0 Å². The molecule has 0 radical (unpaired) electrons. The van der Waals surface area contributed by atoms with Gasteiger partial charge in [-0.3, -0.25) is 4.99 Å². The number of guanidine groups is 1. The van der Waals surface area contributed by atoms with Crippen LogP contribution >= 0.6 is 35.6 Å². The fourth-order valence-corrected chi connectivity index (χ4v) is 3.13. The van der Waals surface area contributed by atoms with Crippen LogP contribution in [0, 0.1) is 11.8 Å². The zero-order chi connectivity index (χ0) is 15.9. The molecule has 130 valence electrons. The van der Waals surface area contributed by atoms with Gasteiger partial charge >= 0.3 is 0 Å². The van der Waals surface area contributed by atoms with Crippen molar-refractivity contribution in [3.05, 3.63) is 29.0 Å². The molecule has 2 N–H and O–H groups in total. The number of hydrogen-bond donors (Lipinski definition) is 2. The summed E-state index contributed by atoms with van der Waals surface area (Å²) in [6.45, 7) is 5.36. The lowest BCUT2D eigenvalue weighted by atomic mass is 9.80. The van der Waals surface area contributed by atoms with E-state index in [1.807, 2.05) is 19.2 Å². The van der Waals surface area contributed by atoms with Crippen LogP contribution in [0.1, 0.15) is 45.1 Å². The molecule has 0 saturated heterocycles. The summed E-state index contributed by atoms with van der Waals surface area (Å²) in [6, 6.07) is 4.32. The van der Waals surface area contributed by atoms with Crippen LogP contribution in [0.25, 0.3) is 0 Å². The van der Waals surface area contributed by atoms with E-state index in [2.05, 4.69) is 34.5 Å². The first-order chi connectivity index (χ1) is 10.6. The fourth-order valence-electron chi connectivity index (χ4n) is 3.01. The minimum absolute atomic E-state index is 0. The van der Waals surface area contributed by atoms with Crippen molar-refractivity contribution in [2.45, 2.75) is 52.1 Å². The van der Waals surface area contributed by atoms with E-state index < -0.39 is 0 Å². The Bertz CT molecular complexity index is 482. The number of pyridine rings is 1. The lowest BCUT2D eigenvalue weighted by Gasteiger charge is -2.32. The first-order valence-electron chi connectivity index (χ1n) is 8.16. The second-order valence-electron chi connectivity index (χ2n) is 6.41. The molecule has 23 heavy (non-hydrogen) atoms. The van der Waals surface area contributed by atoms with E-state index in [-0.39, 0.29) is 24.0 Å². The van der Waals surface area contributed by atoms with Crippen LogP contribution in [-0.2, 0) is 6.54 Å². The van der Waals surface area contributed by atoms with Crippen molar-refractivity contribution in [2.75, 3.05) is 7.05 Å². The molecule has 0 spiro atoms. The highest BCUT2D eigenvalue weighted by molar-refractivity contribution is 14.0. The molecule has 1 aromatic rings. The van der Waals surface area contributed by atoms with Gasteiger partial charge in [0.05, 0.1) is 0 Å². The van der Waals surface area contributed by atoms with Crippen LogP contribution in [0.15, 0.2) is 23.3 Å². The van der Waals surface area contributed by atoms with Crippen molar-refractivity contribution in [3.8, 4) is 0 Å². The minimum atomic E-state index is 0. The van der Waals surface area contributed by atoms with Crippen molar-refractivity contribution in [1.82, 2.24) is 15.6 Å². The van der Waals surface area contributed by atoms with Gasteiger partial charge < -0.3 is 10.6 Å². The molecule has 0 amide bonds. The summed E-state index contributed by atoms with van der Waals surface area (Å²) in [5, 5.41) is 7.40. The smallest absolute Gasteiger partial charge is 0.191 e. The highest BCUT2D eigenvalue weighted by Crippen LogP contribution is 2.29. The van der Waals surface area contributed by atoms with Crippen LogP contribution in [0.3, 0.4) is 0 Å². The average molecular weight is 451 g/mol. The summed E-state index contributed by atoms with van der Waals surface area (Å²) < 4.78 is 0. The van der Waals surface area contributed by atoms with Crippen molar-refractivity contribution in [2.24, 2.45) is 16.8 Å². The van der Waals surface area contributed by atoms with Gasteiger partial charge in [-0.25, -0.2) is 4.98 Å². The van der Waals surface area contributed by atoms with Crippen LogP contribution in [0.2, 0.25) is 5.15 Å². The third-order valence-corrected chi connectivity index (χ3v) is 4.75. The molecule has 0 unspecified atom stereocenters. The number of nitrogens with one attached hydrogen (secondary N) is 2. The third kappa shape index (κ3) is 6.83. The van der Waals surface area contributed by atoms with Crippen LogP contribution < -0.4 is 10.6 Å². The van der Waals surface area contributed by atoms with Crippen LogP contribution in [0.5, 0.6) is 0 Å². The second kappa shape index (κ2) is 10.3. The molecular weight excluding hydrogens is 423 g/mol. The molecule has 1 aromatic heterocycles. The lowest BCUT2D eigenvalue weighted by molar-refractivity contribution is 0.250. The van der Waals surface area contributed by atoms with Crippen LogP contribution in [0.4, 0.5) is 0 Å². The van der Waals surface area contributed by atoms with Gasteiger partial charge in [0.25, 0.3) is 0 Å². The van der Waals surface area contributed by atoms with Crippen molar-refractivity contribution in [1.29, 1.82) is 0 Å². The minimum Gasteiger partial charge on any atom is -0.354 e. The first kappa shape index (κ1) is 20.5. The molecule has 1 heterocycles. The van der Waals surface area contributed by atoms with Gasteiger partial charge in [-0.1, -0.05) is 31.5 Å². The van der Waals surface area contributed by atoms with Gasteiger partial charge in [-0.15, -0.1) is 24.0 Å². The molecule has 6 heteroatoms. The van der Waals surface area contributed by atoms with Crippen molar-refractivity contribution >= 4 is 41.5 Å². The Morgan fingerprint density at radius 2 is 2.00 bits per heavy atom.